The van der Waals surface area contributed by atoms with E-state index in [9.17, 15) is 5.11 Å². The normalized spacial score (nSPS) is 25.9. The maximum atomic E-state index is 10.3. The molecule has 29 heavy (non-hydrogen) atoms. The van der Waals surface area contributed by atoms with Crippen molar-refractivity contribution in [3.8, 4) is 5.69 Å². The van der Waals surface area contributed by atoms with Gasteiger partial charge < -0.3 is 14.7 Å². The van der Waals surface area contributed by atoms with Crippen LogP contribution in [0.4, 0.5) is 5.69 Å². The van der Waals surface area contributed by atoms with E-state index in [0.717, 1.165) is 53.5 Å². The molecule has 2 saturated heterocycles. The van der Waals surface area contributed by atoms with Gasteiger partial charge in [-0.3, -0.25) is 9.58 Å². The van der Waals surface area contributed by atoms with Crippen LogP contribution in [-0.2, 0) is 11.8 Å². The molecule has 0 amide bonds. The zero-order valence-corrected chi connectivity index (χ0v) is 17.4. The molecule has 3 aromatic rings. The first-order chi connectivity index (χ1) is 14.0. The minimum Gasteiger partial charge on any atom is -0.389 e. The molecule has 0 saturated carbocycles. The van der Waals surface area contributed by atoms with E-state index >= 15 is 0 Å². The molecular formula is C20H25ClN6O2. The number of aliphatic hydroxyl groups excluding tert-OH is 1. The van der Waals surface area contributed by atoms with E-state index in [1.54, 1.807) is 10.9 Å². The largest absolute Gasteiger partial charge is 0.389 e. The predicted octanol–water partition coefficient (Wildman–Crippen LogP) is 1.68. The SMILES string of the molecule is Cn1cc(-n2ncc3cc(Cl)c(N4CCN(C5(C)COCC5O)CC4)cc32)cn1. The molecule has 2 aliphatic heterocycles. The lowest BCUT2D eigenvalue weighted by Crippen LogP contribution is -2.60. The van der Waals surface area contributed by atoms with Gasteiger partial charge in [0.15, 0.2) is 0 Å². The van der Waals surface area contributed by atoms with Crippen LogP contribution in [0.2, 0.25) is 5.02 Å². The van der Waals surface area contributed by atoms with Gasteiger partial charge in [-0.05, 0) is 19.1 Å². The molecule has 0 bridgehead atoms. The third kappa shape index (κ3) is 3.11. The number of halogens is 1. The van der Waals surface area contributed by atoms with Crippen molar-refractivity contribution < 1.29 is 9.84 Å². The molecular weight excluding hydrogens is 392 g/mol. The maximum Gasteiger partial charge on any atom is 0.103 e. The molecule has 2 fully saturated rings. The minimum absolute atomic E-state index is 0.307. The standard InChI is InChI=1S/C20H25ClN6O2/c1-20(13-29-12-19(20)28)26-5-3-25(4-6-26)18-8-17-14(7-16(18)21)9-23-27(17)15-10-22-24(2)11-15/h7-11,19,28H,3-6,12-13H2,1-2H3. The fourth-order valence-corrected chi connectivity index (χ4v) is 4.71. The van der Waals surface area contributed by atoms with Crippen LogP contribution in [0.25, 0.3) is 16.6 Å². The Morgan fingerprint density at radius 2 is 1.97 bits per heavy atom. The van der Waals surface area contributed by atoms with Crippen molar-refractivity contribution in [3.63, 3.8) is 0 Å². The fraction of sp³-hybridized carbons (Fsp3) is 0.500. The lowest BCUT2D eigenvalue weighted by molar-refractivity contribution is 0.00884. The zero-order chi connectivity index (χ0) is 20.2. The monoisotopic (exact) mass is 416 g/mol. The van der Waals surface area contributed by atoms with E-state index < -0.39 is 6.10 Å². The van der Waals surface area contributed by atoms with Gasteiger partial charge in [0.1, 0.15) is 5.69 Å². The first-order valence-electron chi connectivity index (χ1n) is 9.88. The number of piperazine rings is 1. The second-order valence-electron chi connectivity index (χ2n) is 8.15. The van der Waals surface area contributed by atoms with E-state index in [-0.39, 0.29) is 5.54 Å². The summed E-state index contributed by atoms with van der Waals surface area (Å²) in [7, 11) is 1.89. The van der Waals surface area contributed by atoms with Crippen LogP contribution in [-0.4, -0.2) is 80.6 Å². The van der Waals surface area contributed by atoms with E-state index in [2.05, 4.69) is 33.0 Å². The van der Waals surface area contributed by atoms with Crippen molar-refractivity contribution in [3.05, 3.63) is 35.7 Å². The molecule has 2 aliphatic rings. The second-order valence-corrected chi connectivity index (χ2v) is 8.56. The van der Waals surface area contributed by atoms with Gasteiger partial charge in [0.25, 0.3) is 0 Å². The highest BCUT2D eigenvalue weighted by molar-refractivity contribution is 6.34. The predicted molar refractivity (Wildman–Crippen MR) is 112 cm³/mol. The summed E-state index contributed by atoms with van der Waals surface area (Å²) in [6.07, 6.45) is 5.13. The molecule has 154 valence electrons. The minimum atomic E-state index is -0.442. The molecule has 5 rings (SSSR count). The summed E-state index contributed by atoms with van der Waals surface area (Å²) in [5, 5.41) is 20.8. The molecule has 0 aliphatic carbocycles. The average molecular weight is 417 g/mol. The van der Waals surface area contributed by atoms with Gasteiger partial charge in [-0.1, -0.05) is 11.6 Å². The Morgan fingerprint density at radius 3 is 2.62 bits per heavy atom. The average Bonchev–Trinajstić information content (AvgIpc) is 3.41. The number of aromatic nitrogens is 4. The Balaban J connectivity index is 1.41. The van der Waals surface area contributed by atoms with Crippen molar-refractivity contribution in [1.29, 1.82) is 0 Å². The second kappa shape index (κ2) is 6.98. The molecule has 4 heterocycles. The Kier molecular flexibility index (Phi) is 4.54. The third-order valence-corrected chi connectivity index (χ3v) is 6.61. The van der Waals surface area contributed by atoms with Gasteiger partial charge in [0.05, 0.1) is 59.7 Å². The number of rotatable bonds is 3. The summed E-state index contributed by atoms with van der Waals surface area (Å²) in [6.45, 7) is 6.47. The molecule has 2 atom stereocenters. The summed E-state index contributed by atoms with van der Waals surface area (Å²) < 4.78 is 9.17. The van der Waals surface area contributed by atoms with Gasteiger partial charge in [-0.2, -0.15) is 10.2 Å². The summed E-state index contributed by atoms with van der Waals surface area (Å²) in [5.41, 5.74) is 2.63. The van der Waals surface area contributed by atoms with Crippen molar-refractivity contribution >= 4 is 28.2 Å². The highest BCUT2D eigenvalue weighted by Gasteiger charge is 2.44. The topological polar surface area (TPSA) is 71.6 Å². The van der Waals surface area contributed by atoms with Crippen LogP contribution in [0.3, 0.4) is 0 Å². The van der Waals surface area contributed by atoms with Crippen molar-refractivity contribution in [2.24, 2.45) is 7.05 Å². The summed E-state index contributed by atoms with van der Waals surface area (Å²) in [6, 6.07) is 4.09. The van der Waals surface area contributed by atoms with Crippen molar-refractivity contribution in [1.82, 2.24) is 24.5 Å². The van der Waals surface area contributed by atoms with Crippen LogP contribution in [0, 0.1) is 0 Å². The zero-order valence-electron chi connectivity index (χ0n) is 16.6. The number of ether oxygens (including phenoxy) is 1. The molecule has 2 aromatic heterocycles. The van der Waals surface area contributed by atoms with E-state index in [1.165, 1.54) is 0 Å². The number of anilines is 1. The Bertz CT molecular complexity index is 1040. The summed E-state index contributed by atoms with van der Waals surface area (Å²) >= 11 is 6.64. The number of hydrogen-bond acceptors (Lipinski definition) is 6. The van der Waals surface area contributed by atoms with Crippen LogP contribution in [0.15, 0.2) is 30.7 Å². The molecule has 0 radical (unpaired) electrons. The Hall–Kier alpha value is -2.13. The van der Waals surface area contributed by atoms with Gasteiger partial charge in [0, 0.05) is 38.6 Å². The molecule has 8 nitrogen and oxygen atoms in total. The first-order valence-corrected chi connectivity index (χ1v) is 10.3. The number of hydrogen-bond donors (Lipinski definition) is 1. The Morgan fingerprint density at radius 1 is 1.17 bits per heavy atom. The lowest BCUT2D eigenvalue weighted by atomic mass is 9.95. The number of aryl methyl sites for hydroxylation is 1. The van der Waals surface area contributed by atoms with Crippen LogP contribution < -0.4 is 4.90 Å². The fourth-order valence-electron chi connectivity index (χ4n) is 4.41. The Labute approximate surface area is 174 Å². The smallest absolute Gasteiger partial charge is 0.103 e. The number of nitrogens with zero attached hydrogens (tertiary/aromatic N) is 6. The third-order valence-electron chi connectivity index (χ3n) is 6.30. The van der Waals surface area contributed by atoms with E-state index in [1.807, 2.05) is 30.2 Å². The van der Waals surface area contributed by atoms with E-state index in [4.69, 9.17) is 16.3 Å². The molecule has 1 aromatic carbocycles. The quantitative estimate of drug-likeness (QED) is 0.700. The van der Waals surface area contributed by atoms with Crippen LogP contribution in [0.5, 0.6) is 0 Å². The number of aliphatic hydroxyl groups is 1. The highest BCUT2D eigenvalue weighted by atomic mass is 35.5. The molecule has 9 heteroatoms. The van der Waals surface area contributed by atoms with Gasteiger partial charge in [-0.25, -0.2) is 4.68 Å². The number of benzene rings is 1. The molecule has 2 unspecified atom stereocenters. The van der Waals surface area contributed by atoms with Crippen molar-refractivity contribution in [2.75, 3.05) is 44.3 Å². The van der Waals surface area contributed by atoms with Crippen LogP contribution in [0.1, 0.15) is 6.92 Å². The summed E-state index contributed by atoms with van der Waals surface area (Å²) in [4.78, 5) is 4.65. The molecule has 0 spiro atoms. The number of fused-ring (bicyclic) bond motifs is 1. The van der Waals surface area contributed by atoms with Gasteiger partial charge in [-0.15, -0.1) is 0 Å². The van der Waals surface area contributed by atoms with Gasteiger partial charge in [0.2, 0.25) is 0 Å². The first kappa shape index (κ1) is 18.9. The van der Waals surface area contributed by atoms with E-state index in [0.29, 0.717) is 13.2 Å². The van der Waals surface area contributed by atoms with Gasteiger partial charge >= 0.3 is 0 Å². The maximum absolute atomic E-state index is 10.3. The lowest BCUT2D eigenvalue weighted by Gasteiger charge is -2.45. The van der Waals surface area contributed by atoms with Crippen LogP contribution >= 0.6 is 11.6 Å². The van der Waals surface area contributed by atoms with Crippen molar-refractivity contribution in [2.45, 2.75) is 18.6 Å². The summed E-state index contributed by atoms with van der Waals surface area (Å²) in [5.74, 6) is 0. The molecule has 1 N–H and O–H groups in total. The highest BCUT2D eigenvalue weighted by Crippen LogP contribution is 2.34.